The van der Waals surface area contributed by atoms with Gasteiger partial charge in [0.25, 0.3) is 0 Å². The largest absolute Gasteiger partial charge is 0.404 e. The molecule has 8 heteroatoms. The fourth-order valence-electron chi connectivity index (χ4n) is 0.616. The van der Waals surface area contributed by atoms with Crippen molar-refractivity contribution in [3.8, 4) is 0 Å². The van der Waals surface area contributed by atoms with E-state index in [1.807, 2.05) is 4.39 Å². The summed E-state index contributed by atoms with van der Waals surface area (Å²) in [6.07, 6.45) is -4.66. The van der Waals surface area contributed by atoms with Gasteiger partial charge in [0, 0.05) is 0 Å². The molecule has 0 aliphatic carbocycles. The number of rotatable bonds is 3. The van der Waals surface area contributed by atoms with Crippen molar-refractivity contribution in [3.05, 3.63) is 0 Å². The van der Waals surface area contributed by atoms with E-state index in [9.17, 15) is 21.6 Å². The Morgan fingerprint density at radius 2 is 1.75 bits per heavy atom. The smallest absolute Gasteiger partial charge is 0.240 e. The molecule has 0 radical (unpaired) electrons. The Balaban J connectivity index is 4.26. The Labute approximate surface area is 70.7 Å². The summed E-state index contributed by atoms with van der Waals surface area (Å²) in [4.78, 5) is 0. The maximum Gasteiger partial charge on any atom is 0.404 e. The first-order valence-corrected chi connectivity index (χ1v) is 7.73. The van der Waals surface area contributed by atoms with Crippen LogP contribution in [0.1, 0.15) is 0 Å². The first kappa shape index (κ1) is 11.9. The Hall–Kier alpha value is -0.0831. The van der Waals surface area contributed by atoms with Gasteiger partial charge in [-0.25, -0.2) is 12.8 Å². The van der Waals surface area contributed by atoms with Crippen LogP contribution in [0.5, 0.6) is 0 Å². The second-order valence-electron chi connectivity index (χ2n) is 2.65. The predicted octanol–water partition coefficient (Wildman–Crippen LogP) is 0.452. The molecule has 0 unspecified atom stereocenters. The number of hydrogen-bond donors (Lipinski definition) is 1. The van der Waals surface area contributed by atoms with Gasteiger partial charge in [-0.15, -0.1) is 0 Å². The van der Waals surface area contributed by atoms with Crippen molar-refractivity contribution in [1.82, 2.24) is 4.39 Å². The van der Waals surface area contributed by atoms with E-state index in [4.69, 9.17) is 0 Å². The first-order valence-electron chi connectivity index (χ1n) is 3.19. The first-order chi connectivity index (χ1) is 5.12. The second kappa shape index (κ2) is 3.75. The van der Waals surface area contributed by atoms with Crippen molar-refractivity contribution in [2.75, 3.05) is 5.75 Å². The van der Waals surface area contributed by atoms with E-state index in [2.05, 4.69) is 0 Å². The number of nitrogens with one attached hydrogen (secondary N) is 1. The summed E-state index contributed by atoms with van der Waals surface area (Å²) in [5, 5.41) is 0. The van der Waals surface area contributed by atoms with Crippen molar-refractivity contribution in [3.63, 3.8) is 0 Å². The van der Waals surface area contributed by atoms with E-state index >= 15 is 0 Å². The molecule has 0 saturated carbocycles. The maximum absolute atomic E-state index is 11.6. The highest BCUT2D eigenvalue weighted by atomic mass is 32.2. The van der Waals surface area contributed by atoms with Gasteiger partial charge in [-0.3, -0.25) is 0 Å². The van der Waals surface area contributed by atoms with Crippen LogP contribution >= 0.6 is 0 Å². The Morgan fingerprint density at radius 3 is 2.00 bits per heavy atom. The van der Waals surface area contributed by atoms with Gasteiger partial charge >= 0.3 is 6.18 Å². The lowest BCUT2D eigenvalue weighted by Crippen LogP contribution is -2.39. The summed E-state index contributed by atoms with van der Waals surface area (Å²) < 4.78 is 58.1. The highest BCUT2D eigenvalue weighted by molar-refractivity contribution is 7.90. The van der Waals surface area contributed by atoms with Crippen LogP contribution in [0.15, 0.2) is 0 Å². The fraction of sp³-hybridized carbons (Fsp3) is 1.00. The highest BCUT2D eigenvalue weighted by Crippen LogP contribution is 2.16. The minimum absolute atomic E-state index is 1.59. The van der Waals surface area contributed by atoms with Crippen LogP contribution in [0.2, 0.25) is 13.1 Å². The summed E-state index contributed by atoms with van der Waals surface area (Å²) in [5.74, 6) is -1.79. The lowest BCUT2D eigenvalue weighted by Gasteiger charge is -2.10. The SMILES string of the molecule is C[SiH](C)NS(=O)(=O)CC(F)(F)F. The summed E-state index contributed by atoms with van der Waals surface area (Å²) in [5.41, 5.74) is 0. The second-order valence-corrected chi connectivity index (χ2v) is 7.42. The minimum atomic E-state index is -4.66. The van der Waals surface area contributed by atoms with Gasteiger partial charge in [-0.1, -0.05) is 13.1 Å². The van der Waals surface area contributed by atoms with Gasteiger partial charge in [-0.05, 0) is 0 Å². The summed E-state index contributed by atoms with van der Waals surface area (Å²) in [6, 6.07) is 0. The molecule has 12 heavy (non-hydrogen) atoms. The molecular weight excluding hydrogens is 211 g/mol. The third kappa shape index (κ3) is 6.62. The number of hydrogen-bond acceptors (Lipinski definition) is 2. The van der Waals surface area contributed by atoms with E-state index in [0.29, 0.717) is 0 Å². The topological polar surface area (TPSA) is 46.2 Å². The van der Waals surface area contributed by atoms with Gasteiger partial charge in [0.05, 0.1) is 0 Å². The third-order valence-corrected chi connectivity index (χ3v) is 4.80. The zero-order chi connectivity index (χ0) is 9.99. The molecule has 0 aromatic carbocycles. The molecular formula is C4H10F3NO2SSi. The van der Waals surface area contributed by atoms with Crippen molar-refractivity contribution in [1.29, 1.82) is 0 Å². The molecule has 0 aromatic rings. The Kier molecular flexibility index (Phi) is 3.73. The third-order valence-electron chi connectivity index (χ3n) is 0.769. The van der Waals surface area contributed by atoms with E-state index in [0.717, 1.165) is 0 Å². The summed E-state index contributed by atoms with van der Waals surface area (Å²) in [6.45, 7) is 3.18. The van der Waals surface area contributed by atoms with Crippen molar-refractivity contribution >= 4 is 19.0 Å². The molecule has 3 nitrogen and oxygen atoms in total. The molecule has 0 bridgehead atoms. The molecule has 1 N–H and O–H groups in total. The van der Waals surface area contributed by atoms with Crippen LogP contribution < -0.4 is 4.39 Å². The standard InChI is InChI=1S/C4H10F3NO2SSi/c1-12(2)8-11(9,10)3-4(5,6)7/h8,12H,3H2,1-2H3. The van der Waals surface area contributed by atoms with E-state index in [1.165, 1.54) is 0 Å². The normalized spacial score (nSPS) is 13.8. The van der Waals surface area contributed by atoms with Crippen LogP contribution in [-0.4, -0.2) is 29.3 Å². The lowest BCUT2D eigenvalue weighted by molar-refractivity contribution is -0.106. The fourth-order valence-corrected chi connectivity index (χ4v) is 4.25. The van der Waals surface area contributed by atoms with Crippen molar-refractivity contribution in [2.45, 2.75) is 19.3 Å². The zero-order valence-electron chi connectivity index (χ0n) is 6.64. The van der Waals surface area contributed by atoms with E-state index in [-0.39, 0.29) is 0 Å². The monoisotopic (exact) mass is 221 g/mol. The molecule has 0 heterocycles. The van der Waals surface area contributed by atoms with Crippen molar-refractivity contribution in [2.24, 2.45) is 0 Å². The van der Waals surface area contributed by atoms with Crippen LogP contribution in [0.3, 0.4) is 0 Å². The molecule has 0 aromatic heterocycles. The van der Waals surface area contributed by atoms with Gasteiger partial charge in [-0.2, -0.15) is 13.2 Å². The van der Waals surface area contributed by atoms with Crippen LogP contribution in [-0.2, 0) is 10.0 Å². The quantitative estimate of drug-likeness (QED) is 0.703. The minimum Gasteiger partial charge on any atom is -0.240 e. The number of sulfonamides is 1. The molecule has 0 rings (SSSR count). The van der Waals surface area contributed by atoms with Gasteiger partial charge in [0.2, 0.25) is 10.0 Å². The van der Waals surface area contributed by atoms with Gasteiger partial charge in [0.1, 0.15) is 8.96 Å². The average molecular weight is 221 g/mol. The number of halogens is 3. The maximum atomic E-state index is 11.6. The molecule has 0 aliphatic heterocycles. The van der Waals surface area contributed by atoms with E-state index in [1.54, 1.807) is 13.1 Å². The molecule has 0 aliphatic rings. The molecule has 0 saturated heterocycles. The molecule has 0 spiro atoms. The van der Waals surface area contributed by atoms with Crippen LogP contribution in [0.25, 0.3) is 0 Å². The van der Waals surface area contributed by atoms with Crippen LogP contribution in [0.4, 0.5) is 13.2 Å². The molecule has 0 fully saturated rings. The zero-order valence-corrected chi connectivity index (χ0v) is 8.61. The molecule has 0 atom stereocenters. The van der Waals surface area contributed by atoms with Crippen LogP contribution in [0, 0.1) is 0 Å². The highest BCUT2D eigenvalue weighted by Gasteiger charge is 2.35. The molecule has 0 amide bonds. The number of alkyl halides is 3. The Bertz CT molecular complexity index is 235. The Morgan fingerprint density at radius 1 is 1.33 bits per heavy atom. The van der Waals surface area contributed by atoms with E-state index < -0.39 is 30.9 Å². The van der Waals surface area contributed by atoms with Gasteiger partial charge in [0.15, 0.2) is 5.75 Å². The average Bonchev–Trinajstić information content (AvgIpc) is 1.48. The summed E-state index contributed by atoms with van der Waals surface area (Å²) in [7, 11) is -5.87. The predicted molar refractivity (Wildman–Crippen MR) is 41.9 cm³/mol. The lowest BCUT2D eigenvalue weighted by atomic mass is 10.8. The van der Waals surface area contributed by atoms with Crippen molar-refractivity contribution < 1.29 is 21.6 Å². The molecule has 74 valence electrons. The van der Waals surface area contributed by atoms with Gasteiger partial charge < -0.3 is 0 Å². The summed E-state index contributed by atoms with van der Waals surface area (Å²) >= 11 is 0.